The van der Waals surface area contributed by atoms with Gasteiger partial charge in [0.1, 0.15) is 8.24 Å². The average molecular weight is 467 g/mol. The van der Waals surface area contributed by atoms with Crippen molar-refractivity contribution in [2.24, 2.45) is 11.8 Å². The molecule has 0 aromatic rings. The van der Waals surface area contributed by atoms with E-state index in [1.807, 2.05) is 0 Å². The first kappa shape index (κ1) is 25.1. The molecule has 2 fully saturated rings. The van der Waals surface area contributed by atoms with E-state index in [1.165, 1.54) is 6.42 Å². The second-order valence-corrected chi connectivity index (χ2v) is 21.5. The molecule has 0 spiro atoms. The van der Waals surface area contributed by atoms with E-state index >= 15 is 0 Å². The van der Waals surface area contributed by atoms with Gasteiger partial charge in [-0.1, -0.05) is 57.0 Å². The molecule has 1 heterocycles. The van der Waals surface area contributed by atoms with Crippen molar-refractivity contribution in [2.45, 2.75) is 50.2 Å². The van der Waals surface area contributed by atoms with Crippen LogP contribution in [-0.4, -0.2) is 40.9 Å². The van der Waals surface area contributed by atoms with E-state index in [-0.39, 0.29) is 7.43 Å². The molecule has 26 heavy (non-hydrogen) atoms. The van der Waals surface area contributed by atoms with E-state index in [0.717, 1.165) is 36.3 Å². The zero-order valence-corrected chi connectivity index (χ0v) is 22.1. The molecule has 3 nitrogen and oxygen atoms in total. The monoisotopic (exact) mass is 466 g/mol. The average Bonchev–Trinajstić information content (AvgIpc) is 2.97. The summed E-state index contributed by atoms with van der Waals surface area (Å²) in [5.74, 6) is 1.53. The van der Waals surface area contributed by atoms with Crippen LogP contribution in [0.5, 0.6) is 0 Å². The molecule has 146 valence electrons. The van der Waals surface area contributed by atoms with Gasteiger partial charge in [0.25, 0.3) is 0 Å². The molecule has 3 rings (SSSR count). The molecule has 1 saturated carbocycles. The Kier molecular flexibility index (Phi) is 10.4. The summed E-state index contributed by atoms with van der Waals surface area (Å²) in [5, 5.41) is 9.12. The van der Waals surface area contributed by atoms with E-state index in [2.05, 4.69) is 72.2 Å². The second-order valence-electron chi connectivity index (χ2n) is 8.88. The van der Waals surface area contributed by atoms with Crippen LogP contribution < -0.4 is 0 Å². The summed E-state index contributed by atoms with van der Waals surface area (Å²) in [7, 11) is 7.05. The third-order valence-corrected chi connectivity index (χ3v) is 13.6. The van der Waals surface area contributed by atoms with Crippen LogP contribution in [0, 0.1) is 19.3 Å². The number of rotatable bonds is 3. The molecular weight excluding hydrogens is 433 g/mol. The summed E-state index contributed by atoms with van der Waals surface area (Å²) in [6.45, 7) is 15.4. The van der Waals surface area contributed by atoms with Gasteiger partial charge in [0.2, 0.25) is 0 Å². The molecule has 1 saturated heterocycles. The predicted molar refractivity (Wildman–Crippen MR) is 119 cm³/mol. The molecule has 1 aliphatic heterocycles. The number of hydrogen-bond donors (Lipinski definition) is 0. The Morgan fingerprint density at radius 3 is 2.08 bits per heavy atom. The van der Waals surface area contributed by atoms with Crippen molar-refractivity contribution in [1.82, 2.24) is 4.57 Å². The molecule has 0 amide bonds. The molecule has 0 aromatic carbocycles. The first-order valence-corrected chi connectivity index (χ1v) is 20.0. The van der Waals surface area contributed by atoms with Gasteiger partial charge in [0.15, 0.2) is 0 Å². The quantitative estimate of drug-likeness (QED) is 0.332. The van der Waals surface area contributed by atoms with Gasteiger partial charge in [0.05, 0.1) is 0 Å². The van der Waals surface area contributed by atoms with Crippen LogP contribution in [0.15, 0.2) is 24.3 Å². The van der Waals surface area contributed by atoms with Gasteiger partial charge in [-0.2, -0.15) is 0 Å². The van der Waals surface area contributed by atoms with Crippen molar-refractivity contribution in [3.05, 3.63) is 42.4 Å². The fourth-order valence-electron chi connectivity index (χ4n) is 4.88. The number of allylic oxidation sites excluding steroid dienone is 4. The summed E-state index contributed by atoms with van der Waals surface area (Å²) in [4.78, 5) is 0. The van der Waals surface area contributed by atoms with E-state index in [4.69, 9.17) is 18.6 Å². The van der Waals surface area contributed by atoms with E-state index in [1.54, 1.807) is 0 Å². The van der Waals surface area contributed by atoms with Gasteiger partial charge in [-0.05, 0) is 29.3 Å². The Hall–Kier alpha value is 1.09. The Labute approximate surface area is 180 Å². The first-order valence-electron chi connectivity index (χ1n) is 9.06. The van der Waals surface area contributed by atoms with Crippen LogP contribution in [0.25, 0.3) is 10.6 Å². The van der Waals surface area contributed by atoms with Gasteiger partial charge in [-0.3, -0.25) is 6.67 Å². The summed E-state index contributed by atoms with van der Waals surface area (Å²) >= 11 is -0.556. The molecule has 0 radical (unpaired) electrons. The Morgan fingerprint density at radius 1 is 1.00 bits per heavy atom. The number of hydrogen-bond acceptors (Lipinski definition) is 1. The maximum atomic E-state index is 4.89. The van der Waals surface area contributed by atoms with Crippen LogP contribution in [0.1, 0.15) is 6.42 Å². The van der Waals surface area contributed by atoms with E-state index in [9.17, 15) is 0 Å². The maximum absolute atomic E-state index is 4.89. The molecule has 3 aliphatic rings. The van der Waals surface area contributed by atoms with E-state index < -0.39 is 33.3 Å². The normalized spacial score (nSPS) is 31.8. The fraction of sp³-hybridized carbons (Fsp3) is 0.722. The van der Waals surface area contributed by atoms with Gasteiger partial charge in [-0.25, -0.2) is 0 Å². The second kappa shape index (κ2) is 10.7. The standard InChI is InChI=1S/C17H31N3Si2.CH3.2ClH.Ti/c1-21(2,3)16-10-14-8-6-7-9-15(14)17(16)22(4,5)20-12-18-11-19-13-20;;;;/h6-9,14-17H,10-13H2,1-5H3;1H3;2*1H;/q-2;-1;;;+6/p-2. The van der Waals surface area contributed by atoms with Gasteiger partial charge in [0, 0.05) is 8.07 Å². The van der Waals surface area contributed by atoms with Gasteiger partial charge < -0.3 is 22.6 Å². The zero-order chi connectivity index (χ0) is 18.7. The summed E-state index contributed by atoms with van der Waals surface area (Å²) in [5.41, 5.74) is 1.78. The van der Waals surface area contributed by atoms with Crippen LogP contribution in [0.2, 0.25) is 43.8 Å². The third kappa shape index (κ3) is 5.80. The van der Waals surface area contributed by atoms with Gasteiger partial charge in [-0.15, -0.1) is 13.3 Å². The Morgan fingerprint density at radius 2 is 1.54 bits per heavy atom. The molecule has 4 unspecified atom stereocenters. The number of halogens is 2. The summed E-state index contributed by atoms with van der Waals surface area (Å²) in [6.07, 6.45) is 11.0. The summed E-state index contributed by atoms with van der Waals surface area (Å²) < 4.78 is 2.64. The molecule has 4 atom stereocenters. The molecule has 0 N–H and O–H groups in total. The van der Waals surface area contributed by atoms with Crippen molar-refractivity contribution < 1.29 is 17.0 Å². The topological polar surface area (TPSA) is 31.4 Å². The SMILES string of the molecule is C[Si](C)(C)C1CC2C=CC=CC2C1[Si](C)(C)N1C[N-]C[N-]C1.[CH3-].[Cl][Ti+4][Cl]. The summed E-state index contributed by atoms with van der Waals surface area (Å²) in [6, 6.07) is 0. The fourth-order valence-corrected chi connectivity index (χ4v) is 13.7. The zero-order valence-electron chi connectivity index (χ0n) is 17.0. The van der Waals surface area contributed by atoms with Crippen molar-refractivity contribution >= 4 is 34.9 Å². The predicted octanol–water partition coefficient (Wildman–Crippen LogP) is 6.79. The minimum atomic E-state index is -1.56. The molecular formula is C18H34Cl2N3Si2Ti+. The number of nitrogens with zero attached hydrogens (tertiary/aromatic N) is 3. The molecule has 0 bridgehead atoms. The van der Waals surface area contributed by atoms with Crippen molar-refractivity contribution in [3.63, 3.8) is 0 Å². The number of fused-ring (bicyclic) bond motifs is 1. The van der Waals surface area contributed by atoms with Crippen molar-refractivity contribution in [3.8, 4) is 0 Å². The molecule has 8 heteroatoms. The van der Waals surface area contributed by atoms with Crippen LogP contribution >= 0.6 is 18.6 Å². The third-order valence-electron chi connectivity index (χ3n) is 6.16. The molecule has 0 aromatic heterocycles. The first-order chi connectivity index (χ1) is 11.7. The van der Waals surface area contributed by atoms with E-state index in [0.29, 0.717) is 6.67 Å². The van der Waals surface area contributed by atoms with Gasteiger partial charge >= 0.3 is 35.6 Å². The molecule has 2 aliphatic carbocycles. The minimum absolute atomic E-state index is 0. The Bertz CT molecular complexity index is 491. The van der Waals surface area contributed by atoms with Crippen LogP contribution in [0.3, 0.4) is 0 Å². The van der Waals surface area contributed by atoms with Crippen molar-refractivity contribution in [1.29, 1.82) is 0 Å². The van der Waals surface area contributed by atoms with Crippen molar-refractivity contribution in [2.75, 3.05) is 20.0 Å². The van der Waals surface area contributed by atoms with Crippen LogP contribution in [0.4, 0.5) is 0 Å². The Balaban J connectivity index is 0.000000791. The van der Waals surface area contributed by atoms with Crippen LogP contribution in [-0.2, 0) is 17.0 Å².